The Labute approximate surface area is 164 Å². The summed E-state index contributed by atoms with van der Waals surface area (Å²) in [5, 5.41) is 7.55. The summed E-state index contributed by atoms with van der Waals surface area (Å²) in [5.41, 5.74) is 5.98. The molecule has 0 saturated carbocycles. The number of carbonyl (C=O) groups is 3. The molecule has 0 aliphatic heterocycles. The zero-order valence-corrected chi connectivity index (χ0v) is 16.1. The van der Waals surface area contributed by atoms with E-state index in [0.29, 0.717) is 13.0 Å². The smallest absolute Gasteiger partial charge is 0.312 e. The number of benzene rings is 2. The predicted molar refractivity (Wildman–Crippen MR) is 108 cm³/mol. The fourth-order valence-corrected chi connectivity index (χ4v) is 2.99. The van der Waals surface area contributed by atoms with Gasteiger partial charge in [-0.3, -0.25) is 9.59 Å². The minimum absolute atomic E-state index is 0.199. The molecule has 0 aliphatic rings. The highest BCUT2D eigenvalue weighted by Crippen LogP contribution is 2.23. The third kappa shape index (κ3) is 6.90. The van der Waals surface area contributed by atoms with Crippen LogP contribution in [-0.2, 0) is 14.3 Å². The molecular formula is C21H27N3O4. The van der Waals surface area contributed by atoms with Crippen molar-refractivity contribution in [3.63, 3.8) is 0 Å². The molecule has 0 fully saturated rings. The van der Waals surface area contributed by atoms with Crippen LogP contribution in [0.4, 0.5) is 4.79 Å². The van der Waals surface area contributed by atoms with Crippen LogP contribution in [0.1, 0.15) is 44.2 Å². The minimum atomic E-state index is -0.553. The number of unbranched alkanes of at least 4 members (excludes halogenated alkanes) is 2. The highest BCUT2D eigenvalue weighted by Gasteiger charge is 2.13. The van der Waals surface area contributed by atoms with Crippen molar-refractivity contribution in [2.45, 2.75) is 38.6 Å². The van der Waals surface area contributed by atoms with Crippen molar-refractivity contribution < 1.29 is 19.1 Å². The van der Waals surface area contributed by atoms with Gasteiger partial charge in [-0.1, -0.05) is 48.9 Å². The van der Waals surface area contributed by atoms with E-state index in [-0.39, 0.29) is 25.0 Å². The summed E-state index contributed by atoms with van der Waals surface area (Å²) < 4.78 is 5.03. The summed E-state index contributed by atoms with van der Waals surface area (Å²) in [6.07, 6.45) is 2.37. The number of hydrogen-bond acceptors (Lipinski definition) is 4. The Kier molecular flexibility index (Phi) is 8.27. The van der Waals surface area contributed by atoms with Gasteiger partial charge in [-0.2, -0.15) is 0 Å². The molecule has 2 rings (SSSR count). The first-order valence-corrected chi connectivity index (χ1v) is 9.43. The number of rotatable bonds is 10. The standard InChI is InChI=1S/C21H27N3O4/c1-15(17-11-7-9-16-8-4-5-10-18(16)17)24-19(25)14-28-20(26)12-3-2-6-13-23-21(22)27/h4-5,7-11,15H,2-3,6,12-14H2,1H3,(H,24,25)(H3,22,23,27)/t15-/m0/s1. The van der Waals surface area contributed by atoms with Gasteiger partial charge in [-0.15, -0.1) is 0 Å². The van der Waals surface area contributed by atoms with E-state index in [0.717, 1.165) is 29.2 Å². The zero-order chi connectivity index (χ0) is 20.4. The second kappa shape index (κ2) is 10.9. The number of hydrogen-bond donors (Lipinski definition) is 3. The second-order valence-corrected chi connectivity index (χ2v) is 6.62. The normalized spacial score (nSPS) is 11.6. The lowest BCUT2D eigenvalue weighted by atomic mass is 10.00. The zero-order valence-electron chi connectivity index (χ0n) is 16.1. The molecule has 4 N–H and O–H groups in total. The first-order chi connectivity index (χ1) is 13.5. The molecule has 7 heteroatoms. The van der Waals surface area contributed by atoms with E-state index >= 15 is 0 Å². The molecule has 1 atom stereocenters. The van der Waals surface area contributed by atoms with E-state index in [9.17, 15) is 14.4 Å². The first kappa shape index (κ1) is 21.2. The van der Waals surface area contributed by atoms with E-state index in [4.69, 9.17) is 10.5 Å². The van der Waals surface area contributed by atoms with Gasteiger partial charge in [-0.25, -0.2) is 4.79 Å². The highest BCUT2D eigenvalue weighted by atomic mass is 16.5. The van der Waals surface area contributed by atoms with Gasteiger partial charge in [-0.05, 0) is 36.1 Å². The second-order valence-electron chi connectivity index (χ2n) is 6.62. The Bertz CT molecular complexity index is 817. The fraction of sp³-hybridized carbons (Fsp3) is 0.381. The molecule has 7 nitrogen and oxygen atoms in total. The van der Waals surface area contributed by atoms with E-state index < -0.39 is 12.0 Å². The van der Waals surface area contributed by atoms with Crippen molar-refractivity contribution in [3.8, 4) is 0 Å². The van der Waals surface area contributed by atoms with Gasteiger partial charge >= 0.3 is 12.0 Å². The number of ether oxygens (including phenoxy) is 1. The lowest BCUT2D eigenvalue weighted by Crippen LogP contribution is -2.31. The fourth-order valence-electron chi connectivity index (χ4n) is 2.99. The Hall–Kier alpha value is -3.09. The van der Waals surface area contributed by atoms with Crippen molar-refractivity contribution in [3.05, 3.63) is 48.0 Å². The summed E-state index contributed by atoms with van der Waals surface area (Å²) in [5.74, 6) is -0.740. The van der Waals surface area contributed by atoms with Gasteiger partial charge in [0.05, 0.1) is 6.04 Å². The van der Waals surface area contributed by atoms with Crippen molar-refractivity contribution >= 4 is 28.7 Å². The summed E-state index contributed by atoms with van der Waals surface area (Å²) in [7, 11) is 0. The molecule has 0 unspecified atom stereocenters. The predicted octanol–water partition coefficient (Wildman–Crippen LogP) is 2.79. The molecule has 0 radical (unpaired) electrons. The Morgan fingerprint density at radius 2 is 1.79 bits per heavy atom. The van der Waals surface area contributed by atoms with Crippen LogP contribution in [0.15, 0.2) is 42.5 Å². The molecule has 2 aromatic rings. The molecule has 2 aromatic carbocycles. The maximum Gasteiger partial charge on any atom is 0.312 e. The first-order valence-electron chi connectivity index (χ1n) is 9.43. The Morgan fingerprint density at radius 1 is 1.04 bits per heavy atom. The van der Waals surface area contributed by atoms with E-state index in [1.165, 1.54) is 0 Å². The number of urea groups is 1. The van der Waals surface area contributed by atoms with Crippen LogP contribution >= 0.6 is 0 Å². The van der Waals surface area contributed by atoms with E-state index in [1.54, 1.807) is 0 Å². The average Bonchev–Trinajstić information content (AvgIpc) is 2.68. The molecule has 0 bridgehead atoms. The molecular weight excluding hydrogens is 358 g/mol. The van der Waals surface area contributed by atoms with Crippen LogP contribution in [0.3, 0.4) is 0 Å². The number of carbonyl (C=O) groups excluding carboxylic acids is 3. The average molecular weight is 385 g/mol. The summed E-state index contributed by atoms with van der Waals surface area (Å²) >= 11 is 0. The van der Waals surface area contributed by atoms with Gasteiger partial charge in [0.25, 0.3) is 5.91 Å². The van der Waals surface area contributed by atoms with Crippen LogP contribution in [-0.4, -0.2) is 31.1 Å². The molecule has 150 valence electrons. The van der Waals surface area contributed by atoms with E-state index in [1.807, 2.05) is 49.4 Å². The van der Waals surface area contributed by atoms with Crippen molar-refractivity contribution in [2.75, 3.05) is 13.2 Å². The van der Waals surface area contributed by atoms with E-state index in [2.05, 4.69) is 10.6 Å². The lowest BCUT2D eigenvalue weighted by molar-refractivity contribution is -0.148. The number of fused-ring (bicyclic) bond motifs is 1. The Morgan fingerprint density at radius 3 is 2.57 bits per heavy atom. The molecule has 0 aromatic heterocycles. The third-order valence-electron chi connectivity index (χ3n) is 4.39. The molecule has 0 spiro atoms. The van der Waals surface area contributed by atoms with Crippen molar-refractivity contribution in [1.82, 2.24) is 10.6 Å². The SMILES string of the molecule is C[C@H](NC(=O)COC(=O)CCCCCNC(N)=O)c1cccc2ccccc12. The maximum absolute atomic E-state index is 12.1. The largest absolute Gasteiger partial charge is 0.456 e. The quantitative estimate of drug-likeness (QED) is 0.431. The number of primary amides is 1. The van der Waals surface area contributed by atoms with Gasteiger partial charge in [0.15, 0.2) is 6.61 Å². The molecule has 0 saturated heterocycles. The van der Waals surface area contributed by atoms with Gasteiger partial charge in [0.1, 0.15) is 0 Å². The summed E-state index contributed by atoms with van der Waals surface area (Å²) in [6, 6.07) is 13.2. The minimum Gasteiger partial charge on any atom is -0.456 e. The van der Waals surface area contributed by atoms with Gasteiger partial charge in [0.2, 0.25) is 0 Å². The Balaban J connectivity index is 1.70. The van der Waals surface area contributed by atoms with Crippen LogP contribution in [0.5, 0.6) is 0 Å². The van der Waals surface area contributed by atoms with Gasteiger partial charge in [0, 0.05) is 13.0 Å². The van der Waals surface area contributed by atoms with Crippen LogP contribution in [0.2, 0.25) is 0 Å². The van der Waals surface area contributed by atoms with Crippen molar-refractivity contribution in [2.24, 2.45) is 5.73 Å². The monoisotopic (exact) mass is 385 g/mol. The molecule has 3 amide bonds. The summed E-state index contributed by atoms with van der Waals surface area (Å²) in [4.78, 5) is 34.4. The summed E-state index contributed by atoms with van der Waals surface area (Å²) in [6.45, 7) is 2.09. The van der Waals surface area contributed by atoms with Gasteiger partial charge < -0.3 is 21.1 Å². The molecule has 0 aliphatic carbocycles. The van der Waals surface area contributed by atoms with Crippen LogP contribution < -0.4 is 16.4 Å². The number of esters is 1. The topological polar surface area (TPSA) is 111 Å². The number of nitrogens with one attached hydrogen (secondary N) is 2. The van der Waals surface area contributed by atoms with Crippen LogP contribution in [0, 0.1) is 0 Å². The molecule has 28 heavy (non-hydrogen) atoms. The maximum atomic E-state index is 12.1. The lowest BCUT2D eigenvalue weighted by Gasteiger charge is -2.16. The third-order valence-corrected chi connectivity index (χ3v) is 4.39. The number of nitrogens with two attached hydrogens (primary N) is 1. The highest BCUT2D eigenvalue weighted by molar-refractivity contribution is 5.87. The number of amides is 3. The van der Waals surface area contributed by atoms with Crippen LogP contribution in [0.25, 0.3) is 10.8 Å². The van der Waals surface area contributed by atoms with Crippen molar-refractivity contribution in [1.29, 1.82) is 0 Å². The molecule has 0 heterocycles.